The number of rotatable bonds is 2. The van der Waals surface area contributed by atoms with E-state index >= 15 is 0 Å². The van der Waals surface area contributed by atoms with E-state index in [1.54, 1.807) is 18.2 Å². The summed E-state index contributed by atoms with van der Waals surface area (Å²) in [6, 6.07) is 10.4. The van der Waals surface area contributed by atoms with Gasteiger partial charge in [0.1, 0.15) is 11.9 Å². The average molecular weight is 354 g/mol. The van der Waals surface area contributed by atoms with Gasteiger partial charge in [0.2, 0.25) is 0 Å². The molecule has 1 amide bonds. The Morgan fingerprint density at radius 2 is 2.05 bits per heavy atom. The lowest BCUT2D eigenvalue weighted by Crippen LogP contribution is -2.14. The van der Waals surface area contributed by atoms with Crippen LogP contribution in [0.2, 0.25) is 5.02 Å². The highest BCUT2D eigenvalue weighted by atomic mass is 79.9. The van der Waals surface area contributed by atoms with E-state index in [4.69, 9.17) is 16.9 Å². The number of nitriles is 1. The summed E-state index contributed by atoms with van der Waals surface area (Å²) in [4.78, 5) is 12.0. The number of anilines is 1. The van der Waals surface area contributed by atoms with E-state index in [-0.39, 0.29) is 16.1 Å². The van der Waals surface area contributed by atoms with E-state index in [9.17, 15) is 9.18 Å². The lowest BCUT2D eigenvalue weighted by molar-refractivity contribution is 0.102. The van der Waals surface area contributed by atoms with Crippen molar-refractivity contribution in [2.75, 3.05) is 5.32 Å². The van der Waals surface area contributed by atoms with Crippen molar-refractivity contribution >= 4 is 39.1 Å². The van der Waals surface area contributed by atoms with Crippen LogP contribution in [0.1, 0.15) is 15.9 Å². The van der Waals surface area contributed by atoms with Gasteiger partial charge in [0.15, 0.2) is 0 Å². The number of hydrogen-bond acceptors (Lipinski definition) is 2. The highest BCUT2D eigenvalue weighted by Gasteiger charge is 2.14. The molecule has 0 saturated carbocycles. The first-order chi connectivity index (χ1) is 9.51. The van der Waals surface area contributed by atoms with Crippen LogP contribution in [0, 0.1) is 17.1 Å². The Labute approximate surface area is 128 Å². The van der Waals surface area contributed by atoms with Crippen molar-refractivity contribution < 1.29 is 9.18 Å². The fourth-order valence-electron chi connectivity index (χ4n) is 1.58. The van der Waals surface area contributed by atoms with Crippen LogP contribution >= 0.6 is 27.5 Å². The summed E-state index contributed by atoms with van der Waals surface area (Å²) >= 11 is 8.98. The number of benzene rings is 2. The third-order valence-electron chi connectivity index (χ3n) is 2.52. The first-order valence-electron chi connectivity index (χ1n) is 5.47. The normalized spacial score (nSPS) is 9.90. The van der Waals surface area contributed by atoms with Gasteiger partial charge in [-0.25, -0.2) is 4.39 Å². The van der Waals surface area contributed by atoms with Crippen LogP contribution in [0.5, 0.6) is 0 Å². The van der Waals surface area contributed by atoms with Gasteiger partial charge < -0.3 is 5.32 Å². The highest BCUT2D eigenvalue weighted by Crippen LogP contribution is 2.22. The van der Waals surface area contributed by atoms with Crippen LogP contribution in [-0.2, 0) is 0 Å². The van der Waals surface area contributed by atoms with E-state index < -0.39 is 11.7 Å². The number of nitrogens with zero attached hydrogens (tertiary/aromatic N) is 1. The van der Waals surface area contributed by atoms with E-state index in [2.05, 4.69) is 21.2 Å². The molecule has 0 aliphatic rings. The molecule has 0 atom stereocenters. The van der Waals surface area contributed by atoms with Gasteiger partial charge in [-0.3, -0.25) is 4.79 Å². The van der Waals surface area contributed by atoms with Gasteiger partial charge in [-0.1, -0.05) is 27.5 Å². The van der Waals surface area contributed by atoms with E-state index in [0.29, 0.717) is 10.2 Å². The maximum atomic E-state index is 13.6. The summed E-state index contributed by atoms with van der Waals surface area (Å²) in [5.41, 5.74) is 0.400. The molecule has 100 valence electrons. The smallest absolute Gasteiger partial charge is 0.258 e. The van der Waals surface area contributed by atoms with Gasteiger partial charge >= 0.3 is 0 Å². The summed E-state index contributed by atoms with van der Waals surface area (Å²) in [5, 5.41) is 11.7. The van der Waals surface area contributed by atoms with Crippen LogP contribution in [0.25, 0.3) is 0 Å². The molecule has 0 saturated heterocycles. The number of amides is 1. The van der Waals surface area contributed by atoms with Crippen molar-refractivity contribution in [1.29, 1.82) is 5.26 Å². The van der Waals surface area contributed by atoms with Gasteiger partial charge in [0.25, 0.3) is 5.91 Å². The van der Waals surface area contributed by atoms with Crippen molar-refractivity contribution in [3.05, 3.63) is 62.8 Å². The predicted octanol–water partition coefficient (Wildman–Crippen LogP) is 4.37. The van der Waals surface area contributed by atoms with Crippen molar-refractivity contribution in [3.63, 3.8) is 0 Å². The summed E-state index contributed by atoms with van der Waals surface area (Å²) < 4.78 is 14.3. The second-order valence-corrected chi connectivity index (χ2v) is 5.23. The molecule has 2 aromatic carbocycles. The standard InChI is InChI=1S/C14H7BrClFN2O/c15-9-2-1-8(7-18)13(5-9)19-14(20)11-6-10(16)3-4-12(11)17/h1-6H,(H,19,20). The lowest BCUT2D eigenvalue weighted by atomic mass is 10.1. The molecular formula is C14H7BrClFN2O. The molecule has 20 heavy (non-hydrogen) atoms. The molecule has 0 bridgehead atoms. The molecule has 6 heteroatoms. The molecule has 0 heterocycles. The second-order valence-electron chi connectivity index (χ2n) is 3.88. The van der Waals surface area contributed by atoms with Crippen LogP contribution in [0.3, 0.4) is 0 Å². The molecule has 2 aromatic rings. The fourth-order valence-corrected chi connectivity index (χ4v) is 2.11. The van der Waals surface area contributed by atoms with E-state index in [0.717, 1.165) is 6.07 Å². The minimum Gasteiger partial charge on any atom is -0.321 e. The third kappa shape index (κ3) is 3.16. The molecule has 3 nitrogen and oxygen atoms in total. The van der Waals surface area contributed by atoms with Gasteiger partial charge in [-0.05, 0) is 36.4 Å². The molecule has 1 N–H and O–H groups in total. The monoisotopic (exact) mass is 352 g/mol. The Morgan fingerprint density at radius 3 is 2.75 bits per heavy atom. The zero-order chi connectivity index (χ0) is 14.7. The van der Waals surface area contributed by atoms with Crippen molar-refractivity contribution in [2.45, 2.75) is 0 Å². The quantitative estimate of drug-likeness (QED) is 0.872. The summed E-state index contributed by atoms with van der Waals surface area (Å²) in [6.45, 7) is 0. The van der Waals surface area contributed by atoms with E-state index in [1.807, 2.05) is 6.07 Å². The Balaban J connectivity index is 2.35. The van der Waals surface area contributed by atoms with E-state index in [1.165, 1.54) is 12.1 Å². The zero-order valence-corrected chi connectivity index (χ0v) is 12.3. The summed E-state index contributed by atoms with van der Waals surface area (Å²) in [5.74, 6) is -1.35. The minimum atomic E-state index is -0.680. The number of carbonyl (C=O) groups is 1. The molecule has 0 aliphatic heterocycles. The molecule has 0 spiro atoms. The Bertz CT molecular complexity index is 728. The molecule has 0 radical (unpaired) electrons. The van der Waals surface area contributed by atoms with Gasteiger partial charge in [0.05, 0.1) is 16.8 Å². The maximum absolute atomic E-state index is 13.6. The second kappa shape index (κ2) is 6.04. The number of carbonyl (C=O) groups excluding carboxylic acids is 1. The van der Waals surface area contributed by atoms with Crippen LogP contribution in [-0.4, -0.2) is 5.91 Å². The topological polar surface area (TPSA) is 52.9 Å². The molecular weight excluding hydrogens is 347 g/mol. The molecule has 2 rings (SSSR count). The summed E-state index contributed by atoms with van der Waals surface area (Å²) in [6.07, 6.45) is 0. The molecule has 0 aliphatic carbocycles. The fraction of sp³-hybridized carbons (Fsp3) is 0. The first kappa shape index (κ1) is 14.5. The Kier molecular flexibility index (Phi) is 4.38. The van der Waals surface area contributed by atoms with Crippen LogP contribution < -0.4 is 5.32 Å². The third-order valence-corrected chi connectivity index (χ3v) is 3.25. The predicted molar refractivity (Wildman–Crippen MR) is 78.2 cm³/mol. The Morgan fingerprint density at radius 1 is 1.30 bits per heavy atom. The summed E-state index contributed by atoms with van der Waals surface area (Å²) in [7, 11) is 0. The number of halogens is 3. The van der Waals surface area contributed by atoms with Crippen molar-refractivity contribution in [3.8, 4) is 6.07 Å². The molecule has 0 fully saturated rings. The molecule has 0 unspecified atom stereocenters. The maximum Gasteiger partial charge on any atom is 0.258 e. The largest absolute Gasteiger partial charge is 0.321 e. The van der Waals surface area contributed by atoms with Gasteiger partial charge in [-0.2, -0.15) is 5.26 Å². The van der Waals surface area contributed by atoms with Crippen LogP contribution in [0.15, 0.2) is 40.9 Å². The van der Waals surface area contributed by atoms with Crippen molar-refractivity contribution in [1.82, 2.24) is 0 Å². The Hall–Kier alpha value is -1.90. The molecule has 0 aromatic heterocycles. The van der Waals surface area contributed by atoms with Gasteiger partial charge in [-0.15, -0.1) is 0 Å². The van der Waals surface area contributed by atoms with Gasteiger partial charge in [0, 0.05) is 9.50 Å². The van der Waals surface area contributed by atoms with Crippen molar-refractivity contribution in [2.24, 2.45) is 0 Å². The lowest BCUT2D eigenvalue weighted by Gasteiger charge is -2.08. The highest BCUT2D eigenvalue weighted by molar-refractivity contribution is 9.10. The number of nitrogens with one attached hydrogen (secondary N) is 1. The van der Waals surface area contributed by atoms with Crippen LogP contribution in [0.4, 0.5) is 10.1 Å². The average Bonchev–Trinajstić information content (AvgIpc) is 2.41. The zero-order valence-electron chi connectivity index (χ0n) is 9.95. The number of hydrogen-bond donors (Lipinski definition) is 1. The SMILES string of the molecule is N#Cc1ccc(Br)cc1NC(=O)c1cc(Cl)ccc1F. The minimum absolute atomic E-state index is 0.179. The first-order valence-corrected chi connectivity index (χ1v) is 6.64.